The number of benzene rings is 4. The summed E-state index contributed by atoms with van der Waals surface area (Å²) in [5.41, 5.74) is 10.0. The van der Waals surface area contributed by atoms with E-state index in [0.29, 0.717) is 35.9 Å². The number of methoxy groups -OCH3 is 1. The normalized spacial score (nSPS) is 12.4. The third-order valence-corrected chi connectivity index (χ3v) is 13.8. The lowest BCUT2D eigenvalue weighted by atomic mass is 9.97. The number of rotatable bonds is 17. The van der Waals surface area contributed by atoms with Gasteiger partial charge in [-0.15, -0.1) is 23.5 Å². The Labute approximate surface area is 366 Å². The predicted octanol–water partition coefficient (Wildman–Crippen LogP) is 11.3. The number of hydrogen-bond acceptors (Lipinski definition) is 8. The van der Waals surface area contributed by atoms with Gasteiger partial charge in [-0.2, -0.15) is 10.2 Å². The molecule has 9 nitrogen and oxygen atoms in total. The Morgan fingerprint density at radius 1 is 0.949 bits per heavy atom. The molecule has 0 saturated carbocycles. The predicted molar refractivity (Wildman–Crippen MR) is 245 cm³/mol. The third kappa shape index (κ3) is 8.64. The van der Waals surface area contributed by atoms with Crippen LogP contribution in [0, 0.1) is 0 Å². The highest BCUT2D eigenvalue weighted by atomic mass is 79.9. The molecule has 1 aliphatic heterocycles. The molecule has 0 radical (unpaired) electrons. The van der Waals surface area contributed by atoms with E-state index in [9.17, 15) is 4.79 Å². The average molecular weight is 913 g/mol. The molecule has 59 heavy (non-hydrogen) atoms. The van der Waals surface area contributed by atoms with Gasteiger partial charge in [-0.25, -0.2) is 4.79 Å². The number of nitrogens with zero attached hydrogens (tertiary/aromatic N) is 5. The van der Waals surface area contributed by atoms with Gasteiger partial charge in [-0.05, 0) is 85.5 Å². The highest BCUT2D eigenvalue weighted by Gasteiger charge is 2.30. The Morgan fingerprint density at radius 3 is 2.56 bits per heavy atom. The molecule has 0 unspecified atom stereocenters. The van der Waals surface area contributed by atoms with Crippen LogP contribution in [0.2, 0.25) is 5.02 Å². The molecular formula is C46H47BrClN5O4S2. The lowest BCUT2D eigenvalue weighted by Crippen LogP contribution is -2.13. The fourth-order valence-corrected chi connectivity index (χ4v) is 10.7. The van der Waals surface area contributed by atoms with Gasteiger partial charge in [-0.1, -0.05) is 70.0 Å². The molecule has 0 bridgehead atoms. The number of aryl methyl sites for hydroxylation is 4. The number of alkyl halides is 1. The number of ether oxygens (including phenoxy) is 3. The summed E-state index contributed by atoms with van der Waals surface area (Å²) in [6.45, 7) is 3.47. The first kappa shape index (κ1) is 41.4. The van der Waals surface area contributed by atoms with Gasteiger partial charge in [-0.3, -0.25) is 9.36 Å². The Kier molecular flexibility index (Phi) is 13.0. The molecule has 4 aromatic carbocycles. The summed E-state index contributed by atoms with van der Waals surface area (Å²) >= 11 is 14.4. The molecule has 7 aromatic rings. The Bertz CT molecular complexity index is 2640. The lowest BCUT2D eigenvalue weighted by molar-refractivity contribution is 0.0514. The van der Waals surface area contributed by atoms with E-state index >= 15 is 0 Å². The van der Waals surface area contributed by atoms with Crippen LogP contribution in [-0.2, 0) is 60.8 Å². The van der Waals surface area contributed by atoms with E-state index in [1.165, 1.54) is 11.3 Å². The van der Waals surface area contributed by atoms with Crippen molar-refractivity contribution >= 4 is 78.7 Å². The molecule has 13 heteroatoms. The number of halogens is 2. The standard InChI is InChI=1S/C46H47BrClN5O4S2/c1-5-56-46(54)45-36(12-9-21-57-41-24-34(22-30-10-6-7-11-35(30)41)59-26-29-14-16-33(55-4)17-15-29)37-18-19-38(48)42(44(37)51(45)2)43-39(50-53-20-8-13-40(43)53)28-58-27-31-23-32(25-47)52(3)49-31/h6-7,10-11,14-19,22-24H,5,8-9,12-13,20-21,25-28H2,1-4H3. The fraction of sp³-hybridized carbons (Fsp3) is 0.326. The van der Waals surface area contributed by atoms with Crippen LogP contribution in [0.3, 0.4) is 0 Å². The van der Waals surface area contributed by atoms with Crippen molar-refractivity contribution in [3.63, 3.8) is 0 Å². The van der Waals surface area contributed by atoms with Crippen molar-refractivity contribution in [2.24, 2.45) is 14.1 Å². The van der Waals surface area contributed by atoms with Crippen LogP contribution in [0.5, 0.6) is 11.5 Å². The maximum Gasteiger partial charge on any atom is 0.355 e. The van der Waals surface area contributed by atoms with E-state index in [0.717, 1.165) is 108 Å². The van der Waals surface area contributed by atoms with Gasteiger partial charge in [0.1, 0.15) is 17.2 Å². The molecule has 0 fully saturated rings. The zero-order chi connectivity index (χ0) is 41.0. The van der Waals surface area contributed by atoms with Crippen molar-refractivity contribution in [2.45, 2.75) is 66.6 Å². The molecule has 1 aliphatic rings. The second-order valence-corrected chi connectivity index (χ2v) is 17.6. The average Bonchev–Trinajstić information content (AvgIpc) is 4.01. The molecule has 0 amide bonds. The summed E-state index contributed by atoms with van der Waals surface area (Å²) in [5, 5.41) is 14.4. The highest BCUT2D eigenvalue weighted by molar-refractivity contribution is 9.08. The summed E-state index contributed by atoms with van der Waals surface area (Å²) in [6, 6.07) is 27.1. The quantitative estimate of drug-likeness (QED) is 0.0387. The number of hydrogen-bond donors (Lipinski definition) is 0. The number of carbonyl (C=O) groups excluding carboxylic acids is 1. The maximum atomic E-state index is 13.8. The van der Waals surface area contributed by atoms with Gasteiger partial charge in [0.25, 0.3) is 0 Å². The topological polar surface area (TPSA) is 85.3 Å². The van der Waals surface area contributed by atoms with E-state index in [2.05, 4.69) is 75.2 Å². The molecule has 8 rings (SSSR count). The van der Waals surface area contributed by atoms with Crippen LogP contribution in [-0.4, -0.2) is 50.4 Å². The first-order valence-corrected chi connectivity index (χ1v) is 23.5. The van der Waals surface area contributed by atoms with E-state index in [1.54, 1.807) is 30.6 Å². The van der Waals surface area contributed by atoms with E-state index in [1.807, 2.05) is 54.5 Å². The maximum absolute atomic E-state index is 13.8. The molecule has 0 spiro atoms. The summed E-state index contributed by atoms with van der Waals surface area (Å²) < 4.78 is 23.7. The first-order valence-electron chi connectivity index (χ1n) is 19.9. The minimum absolute atomic E-state index is 0.280. The number of fused-ring (bicyclic) bond motifs is 3. The molecule has 0 N–H and O–H groups in total. The van der Waals surface area contributed by atoms with Gasteiger partial charge in [0.05, 0.1) is 42.3 Å². The van der Waals surface area contributed by atoms with Crippen LogP contribution < -0.4 is 9.47 Å². The minimum atomic E-state index is -0.342. The van der Waals surface area contributed by atoms with Crippen molar-refractivity contribution < 1.29 is 19.0 Å². The monoisotopic (exact) mass is 911 g/mol. The third-order valence-electron chi connectivity index (χ3n) is 10.9. The van der Waals surface area contributed by atoms with Crippen LogP contribution in [0.25, 0.3) is 32.8 Å². The molecular weight excluding hydrogens is 866 g/mol. The second-order valence-electron chi connectivity index (χ2n) is 14.6. The highest BCUT2D eigenvalue weighted by Crippen LogP contribution is 2.44. The van der Waals surface area contributed by atoms with Crippen LogP contribution in [0.4, 0.5) is 0 Å². The van der Waals surface area contributed by atoms with E-state index in [4.69, 9.17) is 36.0 Å². The molecule has 0 saturated heterocycles. The number of thioether (sulfide) groups is 2. The molecule has 306 valence electrons. The molecule has 0 aliphatic carbocycles. The van der Waals surface area contributed by atoms with E-state index in [-0.39, 0.29) is 12.6 Å². The molecule has 4 heterocycles. The Morgan fingerprint density at radius 2 is 1.78 bits per heavy atom. The van der Waals surface area contributed by atoms with Crippen molar-refractivity contribution in [3.8, 4) is 22.6 Å². The van der Waals surface area contributed by atoms with Gasteiger partial charge in [0, 0.05) is 81.4 Å². The van der Waals surface area contributed by atoms with Gasteiger partial charge in [0.2, 0.25) is 0 Å². The largest absolute Gasteiger partial charge is 0.497 e. The summed E-state index contributed by atoms with van der Waals surface area (Å²) in [5.74, 6) is 3.67. The minimum Gasteiger partial charge on any atom is -0.497 e. The lowest BCUT2D eigenvalue weighted by Gasteiger charge is -2.13. The Hall–Kier alpha value is -4.36. The summed E-state index contributed by atoms with van der Waals surface area (Å²) in [4.78, 5) is 14.9. The van der Waals surface area contributed by atoms with Crippen LogP contribution in [0.15, 0.2) is 83.8 Å². The number of esters is 1. The van der Waals surface area contributed by atoms with Crippen molar-refractivity contribution in [3.05, 3.63) is 123 Å². The van der Waals surface area contributed by atoms with Crippen molar-refractivity contribution in [2.75, 3.05) is 20.3 Å². The number of aromatic nitrogens is 5. The first-order chi connectivity index (χ1) is 28.8. The Balaban J connectivity index is 1.07. The fourth-order valence-electron chi connectivity index (χ4n) is 8.12. The molecule has 3 aromatic heterocycles. The van der Waals surface area contributed by atoms with Crippen LogP contribution >= 0.6 is 51.1 Å². The SMILES string of the molecule is CCOC(=O)c1c(CCCOc2cc(SCc3ccc(OC)cc3)cc3ccccc23)c2ccc(Cl)c(-c3c(CSCc4cc(CBr)n(C)n4)nn4c3CCC4)c2n1C. The summed E-state index contributed by atoms with van der Waals surface area (Å²) in [6.07, 6.45) is 3.26. The zero-order valence-electron chi connectivity index (χ0n) is 33.7. The van der Waals surface area contributed by atoms with Gasteiger partial charge < -0.3 is 18.8 Å². The van der Waals surface area contributed by atoms with E-state index < -0.39 is 0 Å². The van der Waals surface area contributed by atoms with Crippen molar-refractivity contribution in [1.82, 2.24) is 24.1 Å². The molecule has 0 atom stereocenters. The zero-order valence-corrected chi connectivity index (χ0v) is 37.7. The van der Waals surface area contributed by atoms with Gasteiger partial charge >= 0.3 is 5.97 Å². The second kappa shape index (κ2) is 18.5. The van der Waals surface area contributed by atoms with Gasteiger partial charge in [0.15, 0.2) is 0 Å². The van der Waals surface area contributed by atoms with Crippen molar-refractivity contribution in [1.29, 1.82) is 0 Å². The summed E-state index contributed by atoms with van der Waals surface area (Å²) in [7, 11) is 5.61. The number of carbonyl (C=O) groups is 1. The van der Waals surface area contributed by atoms with Crippen LogP contribution in [0.1, 0.15) is 64.2 Å². The smallest absolute Gasteiger partial charge is 0.355 e.